The molecule has 1 saturated heterocycles. The highest BCUT2D eigenvalue weighted by Crippen LogP contribution is 2.19. The minimum atomic E-state index is -0.334. The highest BCUT2D eigenvalue weighted by atomic mass is 16.2. The summed E-state index contributed by atoms with van der Waals surface area (Å²) in [6, 6.07) is 7.58. The lowest BCUT2D eigenvalue weighted by Crippen LogP contribution is -2.42. The number of likely N-dealkylation sites (N-methyl/N-ethyl adjacent to an activating group) is 1. The summed E-state index contributed by atoms with van der Waals surface area (Å²) >= 11 is 0. The van der Waals surface area contributed by atoms with Gasteiger partial charge in [-0.25, -0.2) is 0 Å². The standard InChI is InChI=1S/C23H36N4O3/c1-5-26(6-2)23(30)17-25-12-7-13-27(15-14-25)22(29)16-21(24-19(4)28)20-10-8-18(3)9-11-20/h8-11,21H,5-7,12-17H2,1-4H3,(H,24,28). The lowest BCUT2D eigenvalue weighted by atomic mass is 10.0. The van der Waals surface area contributed by atoms with Crippen molar-refractivity contribution in [2.24, 2.45) is 0 Å². The maximum atomic E-state index is 13.0. The first-order valence-electron chi connectivity index (χ1n) is 11.0. The van der Waals surface area contributed by atoms with Gasteiger partial charge < -0.3 is 15.1 Å². The van der Waals surface area contributed by atoms with E-state index >= 15 is 0 Å². The SMILES string of the molecule is CCN(CC)C(=O)CN1CCCN(C(=O)CC(NC(C)=O)c2ccc(C)cc2)CC1. The van der Waals surface area contributed by atoms with Crippen LogP contribution in [0.2, 0.25) is 0 Å². The van der Waals surface area contributed by atoms with Gasteiger partial charge in [0, 0.05) is 46.2 Å². The zero-order chi connectivity index (χ0) is 22.1. The Labute approximate surface area is 180 Å². The van der Waals surface area contributed by atoms with Gasteiger partial charge in [0.1, 0.15) is 0 Å². The summed E-state index contributed by atoms with van der Waals surface area (Å²) in [6.45, 7) is 12.1. The Bertz CT molecular complexity index is 716. The fraction of sp³-hybridized carbons (Fsp3) is 0.609. The molecule has 166 valence electrons. The van der Waals surface area contributed by atoms with Crippen LogP contribution in [-0.4, -0.2) is 78.2 Å². The minimum absolute atomic E-state index is 0.0336. The van der Waals surface area contributed by atoms with Crippen molar-refractivity contribution in [3.05, 3.63) is 35.4 Å². The van der Waals surface area contributed by atoms with Gasteiger partial charge >= 0.3 is 0 Å². The summed E-state index contributed by atoms with van der Waals surface area (Å²) in [5, 5.41) is 2.91. The zero-order valence-electron chi connectivity index (χ0n) is 18.8. The largest absolute Gasteiger partial charge is 0.349 e. The fourth-order valence-electron chi connectivity index (χ4n) is 3.85. The molecule has 0 aliphatic carbocycles. The molecule has 0 saturated carbocycles. The molecule has 30 heavy (non-hydrogen) atoms. The van der Waals surface area contributed by atoms with E-state index in [1.54, 1.807) is 0 Å². The molecule has 0 radical (unpaired) electrons. The highest BCUT2D eigenvalue weighted by molar-refractivity contribution is 5.79. The summed E-state index contributed by atoms with van der Waals surface area (Å²) in [5.41, 5.74) is 2.07. The Balaban J connectivity index is 1.96. The lowest BCUT2D eigenvalue weighted by molar-refractivity contribution is -0.132. The number of carbonyl (C=O) groups excluding carboxylic acids is 3. The van der Waals surface area contributed by atoms with E-state index in [1.807, 2.05) is 54.8 Å². The van der Waals surface area contributed by atoms with Crippen molar-refractivity contribution in [3.8, 4) is 0 Å². The molecule has 1 aromatic carbocycles. The molecule has 0 spiro atoms. The quantitative estimate of drug-likeness (QED) is 0.703. The molecular weight excluding hydrogens is 380 g/mol. The molecule has 0 bridgehead atoms. The van der Waals surface area contributed by atoms with Crippen molar-refractivity contribution in [3.63, 3.8) is 0 Å². The van der Waals surface area contributed by atoms with Gasteiger partial charge in [0.15, 0.2) is 0 Å². The van der Waals surface area contributed by atoms with E-state index in [4.69, 9.17) is 0 Å². The number of benzene rings is 1. The van der Waals surface area contributed by atoms with Gasteiger partial charge in [-0.15, -0.1) is 0 Å². The van der Waals surface area contributed by atoms with Gasteiger partial charge in [0.05, 0.1) is 19.0 Å². The second kappa shape index (κ2) is 11.7. The van der Waals surface area contributed by atoms with E-state index in [9.17, 15) is 14.4 Å². The van der Waals surface area contributed by atoms with Gasteiger partial charge in [0.2, 0.25) is 17.7 Å². The third-order valence-corrected chi connectivity index (χ3v) is 5.65. The van der Waals surface area contributed by atoms with E-state index in [0.29, 0.717) is 26.2 Å². The molecule has 0 aromatic heterocycles. The number of amides is 3. The van der Waals surface area contributed by atoms with Crippen LogP contribution in [0.5, 0.6) is 0 Å². The highest BCUT2D eigenvalue weighted by Gasteiger charge is 2.24. The van der Waals surface area contributed by atoms with Gasteiger partial charge in [0.25, 0.3) is 0 Å². The van der Waals surface area contributed by atoms with Crippen molar-refractivity contribution in [2.75, 3.05) is 45.8 Å². The van der Waals surface area contributed by atoms with Crippen molar-refractivity contribution in [1.29, 1.82) is 0 Å². The number of carbonyl (C=O) groups is 3. The maximum absolute atomic E-state index is 13.0. The van der Waals surface area contributed by atoms with Crippen LogP contribution >= 0.6 is 0 Å². The second-order valence-electron chi connectivity index (χ2n) is 7.94. The molecule has 1 atom stereocenters. The van der Waals surface area contributed by atoms with Crippen molar-refractivity contribution in [2.45, 2.75) is 46.6 Å². The molecule has 1 fully saturated rings. The molecule has 3 amide bonds. The first-order chi connectivity index (χ1) is 14.3. The lowest BCUT2D eigenvalue weighted by Gasteiger charge is -2.26. The molecule has 7 nitrogen and oxygen atoms in total. The Morgan fingerprint density at radius 1 is 1.03 bits per heavy atom. The number of hydrogen-bond acceptors (Lipinski definition) is 4. The number of nitrogens with one attached hydrogen (secondary N) is 1. The van der Waals surface area contributed by atoms with Crippen LogP contribution in [0.25, 0.3) is 0 Å². The monoisotopic (exact) mass is 416 g/mol. The number of rotatable bonds is 8. The maximum Gasteiger partial charge on any atom is 0.236 e. The zero-order valence-corrected chi connectivity index (χ0v) is 18.8. The molecule has 1 unspecified atom stereocenters. The fourth-order valence-corrected chi connectivity index (χ4v) is 3.85. The van der Waals surface area contributed by atoms with Crippen LogP contribution in [0.1, 0.15) is 50.8 Å². The van der Waals surface area contributed by atoms with Crippen LogP contribution in [-0.2, 0) is 14.4 Å². The first kappa shape index (κ1) is 23.9. The molecule has 1 aliphatic rings. The molecule has 7 heteroatoms. The second-order valence-corrected chi connectivity index (χ2v) is 7.94. The van der Waals surface area contributed by atoms with E-state index in [2.05, 4.69) is 10.2 Å². The molecule has 1 aromatic rings. The Kier molecular flexibility index (Phi) is 9.30. The smallest absolute Gasteiger partial charge is 0.236 e. The number of nitrogens with zero attached hydrogens (tertiary/aromatic N) is 3. The predicted molar refractivity (Wildman–Crippen MR) is 118 cm³/mol. The number of hydrogen-bond donors (Lipinski definition) is 1. The molecule has 1 aliphatic heterocycles. The van der Waals surface area contributed by atoms with Crippen molar-refractivity contribution < 1.29 is 14.4 Å². The van der Waals surface area contributed by atoms with E-state index in [-0.39, 0.29) is 30.2 Å². The van der Waals surface area contributed by atoms with E-state index in [1.165, 1.54) is 6.92 Å². The average molecular weight is 417 g/mol. The summed E-state index contributed by atoms with van der Waals surface area (Å²) in [6.07, 6.45) is 1.08. The molecule has 1 heterocycles. The number of aryl methyl sites for hydroxylation is 1. The van der Waals surface area contributed by atoms with Crippen LogP contribution in [0, 0.1) is 6.92 Å². The van der Waals surface area contributed by atoms with Gasteiger partial charge in [-0.1, -0.05) is 29.8 Å². The Hall–Kier alpha value is -2.41. The predicted octanol–water partition coefficient (Wildman–Crippen LogP) is 1.97. The molecular formula is C23H36N4O3. The summed E-state index contributed by atoms with van der Waals surface area (Å²) < 4.78 is 0. The van der Waals surface area contributed by atoms with Gasteiger partial charge in [-0.3, -0.25) is 19.3 Å². The van der Waals surface area contributed by atoms with Crippen LogP contribution < -0.4 is 5.32 Å². The first-order valence-corrected chi connectivity index (χ1v) is 11.0. The van der Waals surface area contributed by atoms with Crippen LogP contribution in [0.3, 0.4) is 0 Å². The molecule has 2 rings (SSSR count). The normalized spacial score (nSPS) is 15.9. The summed E-state index contributed by atoms with van der Waals surface area (Å²) in [7, 11) is 0. The van der Waals surface area contributed by atoms with Crippen LogP contribution in [0.15, 0.2) is 24.3 Å². The van der Waals surface area contributed by atoms with Gasteiger partial charge in [-0.05, 0) is 32.8 Å². The average Bonchev–Trinajstić information content (AvgIpc) is 2.94. The Morgan fingerprint density at radius 3 is 2.30 bits per heavy atom. The third kappa shape index (κ3) is 7.13. The molecule has 1 N–H and O–H groups in total. The van der Waals surface area contributed by atoms with Crippen molar-refractivity contribution >= 4 is 17.7 Å². The van der Waals surface area contributed by atoms with Crippen molar-refractivity contribution in [1.82, 2.24) is 20.0 Å². The van der Waals surface area contributed by atoms with Crippen LogP contribution in [0.4, 0.5) is 0 Å². The van der Waals surface area contributed by atoms with E-state index < -0.39 is 0 Å². The summed E-state index contributed by atoms with van der Waals surface area (Å²) in [5.74, 6) is 0.0291. The minimum Gasteiger partial charge on any atom is -0.349 e. The topological polar surface area (TPSA) is 73.0 Å². The third-order valence-electron chi connectivity index (χ3n) is 5.65. The Morgan fingerprint density at radius 2 is 1.70 bits per heavy atom. The van der Waals surface area contributed by atoms with Gasteiger partial charge in [-0.2, -0.15) is 0 Å². The van der Waals surface area contributed by atoms with E-state index in [0.717, 1.165) is 37.2 Å². The summed E-state index contributed by atoms with van der Waals surface area (Å²) in [4.78, 5) is 42.9.